The zero-order chi connectivity index (χ0) is 16.3. The van der Waals surface area contributed by atoms with Crippen molar-refractivity contribution in [3.8, 4) is 0 Å². The Morgan fingerprint density at radius 1 is 1.19 bits per heavy atom. The monoisotopic (exact) mass is 322 g/mol. The van der Waals surface area contributed by atoms with Gasteiger partial charge in [-0.3, -0.25) is 0 Å². The van der Waals surface area contributed by atoms with Crippen molar-refractivity contribution >= 4 is 29.4 Å². The Morgan fingerprint density at radius 3 is 2.10 bits per heavy atom. The van der Waals surface area contributed by atoms with Crippen molar-refractivity contribution in [2.75, 3.05) is 11.6 Å². The van der Waals surface area contributed by atoms with E-state index < -0.39 is 23.7 Å². The molecule has 0 bridgehead atoms. The highest BCUT2D eigenvalue weighted by Gasteiger charge is 2.58. The molecule has 5 nitrogen and oxygen atoms in total. The first-order valence-corrected chi connectivity index (χ1v) is 6.86. The average molecular weight is 322 g/mol. The molecule has 0 spiro atoms. The Hall–Kier alpha value is -1.90. The van der Waals surface area contributed by atoms with E-state index in [-0.39, 0.29) is 5.69 Å². The number of thioether (sulfide) groups is 1. The summed E-state index contributed by atoms with van der Waals surface area (Å²) >= 11 is 1.46. The molecule has 1 aromatic rings. The van der Waals surface area contributed by atoms with Crippen LogP contribution in [0.25, 0.3) is 0 Å². The summed E-state index contributed by atoms with van der Waals surface area (Å²) in [5.74, 6) is -2.19. The van der Waals surface area contributed by atoms with Gasteiger partial charge in [-0.1, -0.05) is 0 Å². The van der Waals surface area contributed by atoms with Crippen LogP contribution < -0.4 is 10.6 Å². The highest BCUT2D eigenvalue weighted by atomic mass is 32.2. The molecule has 0 heterocycles. The lowest BCUT2D eigenvalue weighted by molar-refractivity contribution is -0.203. The summed E-state index contributed by atoms with van der Waals surface area (Å²) in [6.45, 7) is 0.381. The number of carboxylic acid groups (broad SMARTS) is 1. The first kappa shape index (κ1) is 17.2. The minimum absolute atomic E-state index is 0.250. The fourth-order valence-electron chi connectivity index (χ4n) is 1.31. The van der Waals surface area contributed by atoms with Crippen LogP contribution in [0.4, 0.5) is 23.7 Å². The standard InChI is InChI=1S/C12H13F3N2O3S/c1-11(9(18)19,12(13,14)15)17-10(20)16-7-3-5-8(21-2)6-4-7/h3-6H,1-2H3,(H,18,19)(H2,16,17,20). The number of hydrogen-bond acceptors (Lipinski definition) is 3. The molecule has 3 N–H and O–H groups in total. The summed E-state index contributed by atoms with van der Waals surface area (Å²) in [5.41, 5.74) is -3.11. The molecule has 0 fully saturated rings. The SMILES string of the molecule is CSc1ccc(NC(=O)NC(C)(C(=O)O)C(F)(F)F)cc1. The zero-order valence-electron chi connectivity index (χ0n) is 11.1. The number of halogens is 3. The average Bonchev–Trinajstić information content (AvgIpc) is 2.37. The van der Waals surface area contributed by atoms with Crippen LogP contribution >= 0.6 is 11.8 Å². The highest BCUT2D eigenvalue weighted by molar-refractivity contribution is 7.98. The van der Waals surface area contributed by atoms with E-state index in [2.05, 4.69) is 5.32 Å². The number of carbonyl (C=O) groups is 2. The van der Waals surface area contributed by atoms with Crippen LogP contribution in [0.5, 0.6) is 0 Å². The molecule has 21 heavy (non-hydrogen) atoms. The van der Waals surface area contributed by atoms with Crippen LogP contribution in [0.15, 0.2) is 29.2 Å². The minimum Gasteiger partial charge on any atom is -0.479 e. The second-order valence-electron chi connectivity index (χ2n) is 4.24. The van der Waals surface area contributed by atoms with Crippen molar-refractivity contribution < 1.29 is 27.9 Å². The molecule has 0 saturated carbocycles. The Balaban J connectivity index is 2.81. The van der Waals surface area contributed by atoms with E-state index in [0.717, 1.165) is 4.90 Å². The third kappa shape index (κ3) is 4.03. The van der Waals surface area contributed by atoms with Gasteiger partial charge in [-0.05, 0) is 37.4 Å². The van der Waals surface area contributed by atoms with Gasteiger partial charge in [0.15, 0.2) is 0 Å². The molecular formula is C12H13F3N2O3S. The Morgan fingerprint density at radius 2 is 1.71 bits per heavy atom. The summed E-state index contributed by atoms with van der Waals surface area (Å²) < 4.78 is 38.2. The summed E-state index contributed by atoms with van der Waals surface area (Å²) in [5, 5.41) is 12.3. The molecular weight excluding hydrogens is 309 g/mol. The lowest BCUT2D eigenvalue weighted by Gasteiger charge is -2.28. The van der Waals surface area contributed by atoms with Crippen molar-refractivity contribution in [2.24, 2.45) is 0 Å². The molecule has 1 atom stereocenters. The number of alkyl halides is 3. The van der Waals surface area contributed by atoms with Crippen LogP contribution in [-0.4, -0.2) is 35.1 Å². The van der Waals surface area contributed by atoms with E-state index in [1.54, 1.807) is 12.1 Å². The predicted octanol–water partition coefficient (Wildman–Crippen LogP) is 2.94. The third-order valence-electron chi connectivity index (χ3n) is 2.71. The van der Waals surface area contributed by atoms with Crippen molar-refractivity contribution in [1.82, 2.24) is 5.32 Å². The molecule has 0 aromatic heterocycles. The smallest absolute Gasteiger partial charge is 0.422 e. The number of hydrogen-bond donors (Lipinski definition) is 3. The number of nitrogens with one attached hydrogen (secondary N) is 2. The van der Waals surface area contributed by atoms with Crippen LogP contribution in [0, 0.1) is 0 Å². The second-order valence-corrected chi connectivity index (χ2v) is 5.12. The lowest BCUT2D eigenvalue weighted by atomic mass is 10.0. The maximum absolute atomic E-state index is 12.7. The van der Waals surface area contributed by atoms with Gasteiger partial charge in [0.25, 0.3) is 0 Å². The molecule has 2 amide bonds. The van der Waals surface area contributed by atoms with Crippen LogP contribution in [0.2, 0.25) is 0 Å². The van der Waals surface area contributed by atoms with E-state index in [4.69, 9.17) is 5.11 Å². The van der Waals surface area contributed by atoms with Gasteiger partial charge in [-0.15, -0.1) is 11.8 Å². The number of amides is 2. The number of carbonyl (C=O) groups excluding carboxylic acids is 1. The van der Waals surface area contributed by atoms with Gasteiger partial charge in [-0.25, -0.2) is 9.59 Å². The number of aliphatic carboxylic acids is 1. The maximum atomic E-state index is 12.7. The maximum Gasteiger partial charge on any atom is 0.422 e. The minimum atomic E-state index is -5.13. The summed E-state index contributed by atoms with van der Waals surface area (Å²) in [6.07, 6.45) is -3.28. The van der Waals surface area contributed by atoms with E-state index in [9.17, 15) is 22.8 Å². The normalized spacial score (nSPS) is 14.1. The van der Waals surface area contributed by atoms with Crippen LogP contribution in [0.3, 0.4) is 0 Å². The molecule has 0 aliphatic carbocycles. The highest BCUT2D eigenvalue weighted by Crippen LogP contribution is 2.30. The van der Waals surface area contributed by atoms with Gasteiger partial charge in [0, 0.05) is 10.6 Å². The van der Waals surface area contributed by atoms with Crippen LogP contribution in [0.1, 0.15) is 6.92 Å². The first-order valence-electron chi connectivity index (χ1n) is 5.63. The Kier molecular flexibility index (Phi) is 5.10. The summed E-state index contributed by atoms with van der Waals surface area (Å²) in [4.78, 5) is 23.2. The number of urea groups is 1. The summed E-state index contributed by atoms with van der Waals surface area (Å²) in [7, 11) is 0. The van der Waals surface area contributed by atoms with Crippen molar-refractivity contribution in [1.29, 1.82) is 0 Å². The van der Waals surface area contributed by atoms with Crippen LogP contribution in [-0.2, 0) is 4.79 Å². The number of anilines is 1. The predicted molar refractivity (Wildman–Crippen MR) is 72.5 cm³/mol. The van der Waals surface area contributed by atoms with Crippen molar-refractivity contribution in [3.05, 3.63) is 24.3 Å². The summed E-state index contributed by atoms with van der Waals surface area (Å²) in [6, 6.07) is 5.07. The quantitative estimate of drug-likeness (QED) is 0.745. The van der Waals surface area contributed by atoms with Gasteiger partial charge in [0.05, 0.1) is 0 Å². The molecule has 0 radical (unpaired) electrons. The number of benzene rings is 1. The van der Waals surface area contributed by atoms with Gasteiger partial charge < -0.3 is 15.7 Å². The zero-order valence-corrected chi connectivity index (χ0v) is 11.9. The van der Waals surface area contributed by atoms with E-state index in [1.165, 1.54) is 29.2 Å². The lowest BCUT2D eigenvalue weighted by Crippen LogP contribution is -2.62. The molecule has 0 saturated heterocycles. The molecule has 9 heteroatoms. The van der Waals surface area contributed by atoms with Gasteiger partial charge in [-0.2, -0.15) is 13.2 Å². The molecule has 116 valence electrons. The van der Waals surface area contributed by atoms with E-state index in [1.807, 2.05) is 6.26 Å². The largest absolute Gasteiger partial charge is 0.479 e. The molecule has 0 aliphatic heterocycles. The molecule has 1 rings (SSSR count). The van der Waals surface area contributed by atoms with Gasteiger partial charge >= 0.3 is 18.2 Å². The second kappa shape index (κ2) is 6.25. The van der Waals surface area contributed by atoms with E-state index >= 15 is 0 Å². The van der Waals surface area contributed by atoms with E-state index in [0.29, 0.717) is 6.92 Å². The topological polar surface area (TPSA) is 78.4 Å². The van der Waals surface area contributed by atoms with Gasteiger partial charge in [0.2, 0.25) is 5.54 Å². The first-order chi connectivity index (χ1) is 9.60. The van der Waals surface area contributed by atoms with Gasteiger partial charge in [0.1, 0.15) is 0 Å². The fraction of sp³-hybridized carbons (Fsp3) is 0.333. The number of rotatable bonds is 4. The Labute approximate surface area is 122 Å². The fourth-order valence-corrected chi connectivity index (χ4v) is 1.72. The third-order valence-corrected chi connectivity index (χ3v) is 3.45. The van der Waals surface area contributed by atoms with Crippen molar-refractivity contribution in [3.63, 3.8) is 0 Å². The Bertz CT molecular complexity index is 534. The number of carboxylic acids is 1. The molecule has 0 aliphatic rings. The van der Waals surface area contributed by atoms with Crippen molar-refractivity contribution in [2.45, 2.75) is 23.5 Å². The molecule has 1 aromatic carbocycles. The molecule has 1 unspecified atom stereocenters.